The van der Waals surface area contributed by atoms with Crippen LogP contribution in [0.4, 0.5) is 10.1 Å². The first kappa shape index (κ1) is 23.2. The van der Waals surface area contributed by atoms with Crippen LogP contribution in [0.2, 0.25) is 0 Å². The van der Waals surface area contributed by atoms with Crippen LogP contribution in [0.15, 0.2) is 35.4 Å². The van der Waals surface area contributed by atoms with Crippen LogP contribution in [0.3, 0.4) is 0 Å². The number of carbonyl (C=O) groups excluding carboxylic acids is 1. The van der Waals surface area contributed by atoms with E-state index in [1.807, 2.05) is 6.20 Å². The van der Waals surface area contributed by atoms with E-state index in [1.165, 1.54) is 30.4 Å². The number of piperazine rings is 1. The Morgan fingerprint density at radius 1 is 1.16 bits per heavy atom. The van der Waals surface area contributed by atoms with Gasteiger partial charge in [0.15, 0.2) is 15.0 Å². The highest BCUT2D eigenvalue weighted by Gasteiger charge is 2.28. The van der Waals surface area contributed by atoms with E-state index in [9.17, 15) is 13.2 Å². The van der Waals surface area contributed by atoms with Crippen LogP contribution in [0.25, 0.3) is 0 Å². The molecule has 1 amide bonds. The van der Waals surface area contributed by atoms with E-state index in [1.54, 1.807) is 24.3 Å². The Kier molecular flexibility index (Phi) is 7.17. The van der Waals surface area contributed by atoms with Crippen molar-refractivity contribution in [3.05, 3.63) is 36.0 Å². The maximum Gasteiger partial charge on any atom is 0.233 e. The van der Waals surface area contributed by atoms with E-state index in [4.69, 9.17) is 0 Å². The van der Waals surface area contributed by atoms with Gasteiger partial charge in [-0.1, -0.05) is 49.2 Å². The summed E-state index contributed by atoms with van der Waals surface area (Å²) in [6.07, 6.45) is 8.55. The molecule has 0 unspecified atom stereocenters. The minimum atomic E-state index is -3.26. The van der Waals surface area contributed by atoms with Gasteiger partial charge in [0.2, 0.25) is 5.91 Å². The molecule has 1 aromatic heterocycles. The molecule has 32 heavy (non-hydrogen) atoms. The van der Waals surface area contributed by atoms with Crippen molar-refractivity contribution in [1.82, 2.24) is 9.88 Å². The third kappa shape index (κ3) is 5.68. The van der Waals surface area contributed by atoms with Crippen molar-refractivity contribution >= 4 is 37.2 Å². The van der Waals surface area contributed by atoms with Crippen molar-refractivity contribution < 1.29 is 13.2 Å². The number of aromatic nitrogens is 1. The molecule has 1 saturated heterocycles. The first-order valence-corrected chi connectivity index (χ1v) is 14.0. The minimum absolute atomic E-state index is 0.0664. The lowest BCUT2D eigenvalue weighted by Crippen LogP contribution is -2.44. The molecule has 1 saturated carbocycles. The molecule has 2 heterocycles. The van der Waals surface area contributed by atoms with E-state index >= 15 is 0 Å². The minimum Gasteiger partial charge on any atom is -0.360 e. The monoisotopic (exact) mass is 476 g/mol. The second-order valence-electron chi connectivity index (χ2n) is 9.06. The standard InChI is InChI=1S/C23H32N4O3S2/c1-26-11-13-27(14-12-26)21-16-24-23(31-21)25-22(28)20(15-17-5-3-4-6-17)18-7-9-19(10-8-18)32(2,29)30/h7-10,16-17,20H,3-6,11-15H2,1-2H3,(H,24,25,28)/t20-/m1/s1. The van der Waals surface area contributed by atoms with Gasteiger partial charge in [-0.2, -0.15) is 0 Å². The lowest BCUT2D eigenvalue weighted by molar-refractivity contribution is -0.118. The second-order valence-corrected chi connectivity index (χ2v) is 12.1. The SMILES string of the molecule is CN1CCN(c2cnc(NC(=O)[C@H](CC3CCCC3)c3ccc(S(C)(=O)=O)cc3)s2)CC1. The zero-order valence-corrected chi connectivity index (χ0v) is 20.4. The maximum absolute atomic E-state index is 13.3. The van der Waals surface area contributed by atoms with E-state index in [2.05, 4.69) is 27.1 Å². The molecule has 0 radical (unpaired) electrons. The number of nitrogens with zero attached hydrogens (tertiary/aromatic N) is 3. The Morgan fingerprint density at radius 2 is 1.81 bits per heavy atom. The Morgan fingerprint density at radius 3 is 2.44 bits per heavy atom. The van der Waals surface area contributed by atoms with Crippen LogP contribution >= 0.6 is 11.3 Å². The van der Waals surface area contributed by atoms with E-state index in [0.29, 0.717) is 11.0 Å². The number of benzene rings is 1. The summed E-state index contributed by atoms with van der Waals surface area (Å²) >= 11 is 1.52. The zero-order valence-electron chi connectivity index (χ0n) is 18.8. The summed E-state index contributed by atoms with van der Waals surface area (Å²) in [5.74, 6) is 0.142. The highest BCUT2D eigenvalue weighted by atomic mass is 32.2. The average molecular weight is 477 g/mol. The van der Waals surface area contributed by atoms with Crippen molar-refractivity contribution in [1.29, 1.82) is 0 Å². The first-order valence-electron chi connectivity index (χ1n) is 11.3. The van der Waals surface area contributed by atoms with Crippen molar-refractivity contribution in [3.63, 3.8) is 0 Å². The lowest BCUT2D eigenvalue weighted by atomic mass is 9.87. The van der Waals surface area contributed by atoms with Gasteiger partial charge in [0.05, 0.1) is 17.0 Å². The smallest absolute Gasteiger partial charge is 0.233 e. The van der Waals surface area contributed by atoms with E-state index in [-0.39, 0.29) is 16.7 Å². The highest BCUT2D eigenvalue weighted by molar-refractivity contribution is 7.90. The van der Waals surface area contributed by atoms with Crippen LogP contribution in [0.1, 0.15) is 43.6 Å². The molecule has 174 valence electrons. The number of amides is 1. The average Bonchev–Trinajstić information content (AvgIpc) is 3.44. The molecule has 2 aromatic rings. The largest absolute Gasteiger partial charge is 0.360 e. The summed E-state index contributed by atoms with van der Waals surface area (Å²) in [6.45, 7) is 3.96. The van der Waals surface area contributed by atoms with E-state index in [0.717, 1.165) is 56.0 Å². The fourth-order valence-electron chi connectivity index (χ4n) is 4.61. The number of sulfone groups is 1. The van der Waals surface area contributed by atoms with Gasteiger partial charge in [0.1, 0.15) is 5.00 Å². The van der Waals surface area contributed by atoms with Crippen molar-refractivity contribution in [2.75, 3.05) is 49.7 Å². The lowest BCUT2D eigenvalue weighted by Gasteiger charge is -2.32. The van der Waals surface area contributed by atoms with E-state index < -0.39 is 9.84 Å². The number of anilines is 2. The number of rotatable bonds is 7. The maximum atomic E-state index is 13.3. The Balaban J connectivity index is 1.49. The van der Waals surface area contributed by atoms with Gasteiger partial charge in [-0.05, 0) is 37.1 Å². The molecular formula is C23H32N4O3S2. The number of thiazole rings is 1. The molecule has 2 aliphatic rings. The molecule has 9 heteroatoms. The van der Waals surface area contributed by atoms with Gasteiger partial charge in [0, 0.05) is 32.4 Å². The molecule has 1 aliphatic carbocycles. The quantitative estimate of drug-likeness (QED) is 0.658. The molecule has 4 rings (SSSR count). The summed E-state index contributed by atoms with van der Waals surface area (Å²) in [6, 6.07) is 6.78. The summed E-state index contributed by atoms with van der Waals surface area (Å²) in [7, 11) is -1.14. The third-order valence-electron chi connectivity index (χ3n) is 6.61. The van der Waals surface area contributed by atoms with Gasteiger partial charge < -0.3 is 15.1 Å². The molecule has 0 bridgehead atoms. The second kappa shape index (κ2) is 9.89. The number of likely N-dealkylation sites (N-methyl/N-ethyl adjacent to an activating group) is 1. The number of nitrogens with one attached hydrogen (secondary N) is 1. The molecule has 1 atom stereocenters. The zero-order chi connectivity index (χ0) is 22.7. The fourth-order valence-corrected chi connectivity index (χ4v) is 6.11. The Labute approximate surface area is 194 Å². The summed E-state index contributed by atoms with van der Waals surface area (Å²) in [5, 5.41) is 4.74. The van der Waals surface area contributed by atoms with Crippen LogP contribution in [0, 0.1) is 5.92 Å². The summed E-state index contributed by atoms with van der Waals surface area (Å²) in [5.41, 5.74) is 0.859. The van der Waals surface area contributed by atoms with Crippen LogP contribution in [-0.2, 0) is 14.6 Å². The first-order chi connectivity index (χ1) is 15.3. The van der Waals surface area contributed by atoms with Gasteiger partial charge in [-0.3, -0.25) is 4.79 Å². The van der Waals surface area contributed by atoms with Crippen LogP contribution < -0.4 is 10.2 Å². The van der Waals surface area contributed by atoms with Crippen molar-refractivity contribution in [2.24, 2.45) is 5.92 Å². The van der Waals surface area contributed by atoms with Gasteiger partial charge >= 0.3 is 0 Å². The van der Waals surface area contributed by atoms with Crippen molar-refractivity contribution in [3.8, 4) is 0 Å². The molecule has 2 fully saturated rings. The predicted octanol–water partition coefficient (Wildman–Crippen LogP) is 3.60. The van der Waals surface area contributed by atoms with Gasteiger partial charge in [-0.15, -0.1) is 0 Å². The number of carbonyl (C=O) groups is 1. The molecule has 1 aliphatic heterocycles. The molecule has 7 nitrogen and oxygen atoms in total. The fraction of sp³-hybridized carbons (Fsp3) is 0.565. The molecule has 0 spiro atoms. The van der Waals surface area contributed by atoms with Crippen LogP contribution in [0.5, 0.6) is 0 Å². The number of hydrogen-bond donors (Lipinski definition) is 1. The van der Waals surface area contributed by atoms with Crippen molar-refractivity contribution in [2.45, 2.75) is 42.9 Å². The Bertz CT molecular complexity index is 1020. The summed E-state index contributed by atoms with van der Waals surface area (Å²) < 4.78 is 23.7. The van der Waals surface area contributed by atoms with Gasteiger partial charge in [0.25, 0.3) is 0 Å². The number of hydrogen-bond acceptors (Lipinski definition) is 7. The predicted molar refractivity (Wildman–Crippen MR) is 129 cm³/mol. The van der Waals surface area contributed by atoms with Gasteiger partial charge in [-0.25, -0.2) is 13.4 Å². The normalized spacial score (nSPS) is 19.2. The Hall–Kier alpha value is -1.97. The third-order valence-corrected chi connectivity index (χ3v) is 8.71. The molecule has 1 N–H and O–H groups in total. The topological polar surface area (TPSA) is 82.6 Å². The highest BCUT2D eigenvalue weighted by Crippen LogP contribution is 2.36. The summed E-state index contributed by atoms with van der Waals surface area (Å²) in [4.78, 5) is 22.7. The molecular weight excluding hydrogens is 444 g/mol. The van der Waals surface area contributed by atoms with Crippen LogP contribution in [-0.4, -0.2) is 63.7 Å². The molecule has 1 aromatic carbocycles.